The molecule has 10 aromatic rings. The van der Waals surface area contributed by atoms with Gasteiger partial charge in [0.25, 0.3) is 40.5 Å². The molecule has 4 N–H and O–H groups in total. The van der Waals surface area contributed by atoms with E-state index in [1.54, 1.807) is 109 Å². The molecule has 0 amide bonds. The SMILES string of the molecule is O=C([O-])c1cc(-c2ccc(-c3ccc(-c4cc(S(=O)(=O)O)cc5cc(S(=O)(=O)O)ccc45)cc3)cc2)ccc1-c1ccc(-c2ccc(-c3ccc(-c4cc(S(=O)(=O)O)cc5cc(S(=O)(=O)O)ccc45)cc3)cc2)cc1C(=O)[O-].[Li+].[Li+]. The van der Waals surface area contributed by atoms with Crippen LogP contribution in [-0.4, -0.2) is 63.8 Å². The first kappa shape index (κ1) is 58.6. The van der Waals surface area contributed by atoms with Gasteiger partial charge in [0.05, 0.1) is 31.5 Å². The van der Waals surface area contributed by atoms with Gasteiger partial charge in [-0.2, -0.15) is 33.7 Å². The van der Waals surface area contributed by atoms with Gasteiger partial charge >= 0.3 is 37.7 Å². The Bertz CT molecular complexity index is 4320. The van der Waals surface area contributed by atoms with Gasteiger partial charge < -0.3 is 19.8 Å². The van der Waals surface area contributed by atoms with Gasteiger partial charge in [0.2, 0.25) is 0 Å². The molecule has 0 atom stereocenters. The summed E-state index contributed by atoms with van der Waals surface area (Å²) < 4.78 is 135. The summed E-state index contributed by atoms with van der Waals surface area (Å²) in [5, 5.41) is 26.6. The Kier molecular flexibility index (Phi) is 16.3. The molecule has 16 nitrogen and oxygen atoms in total. The van der Waals surface area contributed by atoms with E-state index in [1.165, 1.54) is 60.7 Å². The summed E-state index contributed by atoms with van der Waals surface area (Å²) in [5.74, 6) is -3.10. The average Bonchev–Trinajstić information content (AvgIpc) is 3.44. The molecule has 0 bridgehead atoms. The van der Waals surface area contributed by atoms with Crippen molar-refractivity contribution >= 4 is 74.0 Å². The van der Waals surface area contributed by atoms with Crippen LogP contribution in [-0.2, 0) is 40.5 Å². The number of carbonyl (C=O) groups is 2. The molecule has 0 aromatic heterocycles. The Morgan fingerprint density at radius 1 is 0.275 bits per heavy atom. The summed E-state index contributed by atoms with van der Waals surface area (Å²) in [4.78, 5) is 23.5. The molecular weight excluding hydrogens is 1090 g/mol. The summed E-state index contributed by atoms with van der Waals surface area (Å²) in [5.41, 5.74) is 6.60. The van der Waals surface area contributed by atoms with Gasteiger partial charge in [-0.25, -0.2) is 0 Å². The first-order chi connectivity index (χ1) is 36.8. The Morgan fingerprint density at radius 3 is 0.775 bits per heavy atom. The molecule has 0 heterocycles. The minimum Gasteiger partial charge on any atom is -0.545 e. The van der Waals surface area contributed by atoms with Crippen molar-refractivity contribution < 1.29 is 109 Å². The summed E-state index contributed by atoms with van der Waals surface area (Å²) in [6.07, 6.45) is 0. The van der Waals surface area contributed by atoms with Crippen molar-refractivity contribution in [3.05, 3.63) is 205 Å². The Balaban J connectivity index is 0.00000420. The van der Waals surface area contributed by atoms with Crippen LogP contribution < -0.4 is 47.9 Å². The van der Waals surface area contributed by atoms with Crippen LogP contribution in [0, 0.1) is 0 Å². The van der Waals surface area contributed by atoms with Gasteiger partial charge in [0, 0.05) is 11.1 Å². The van der Waals surface area contributed by atoms with E-state index in [4.69, 9.17) is 0 Å². The first-order valence-electron chi connectivity index (χ1n) is 23.0. The second-order valence-corrected chi connectivity index (χ2v) is 23.7. The zero-order valence-corrected chi connectivity index (χ0v) is 45.1. The molecule has 80 heavy (non-hydrogen) atoms. The summed E-state index contributed by atoms with van der Waals surface area (Å²) in [6, 6.07) is 49.3. The van der Waals surface area contributed by atoms with E-state index < -0.39 is 72.0 Å². The van der Waals surface area contributed by atoms with Gasteiger partial charge in [-0.05, 0) is 160 Å². The molecule has 0 fully saturated rings. The van der Waals surface area contributed by atoms with Crippen LogP contribution in [0.2, 0.25) is 0 Å². The van der Waals surface area contributed by atoms with Crippen molar-refractivity contribution in [2.45, 2.75) is 19.6 Å². The summed E-state index contributed by atoms with van der Waals surface area (Å²) in [7, 11) is -18.7. The number of aromatic carboxylic acids is 2. The molecule has 0 spiro atoms. The topological polar surface area (TPSA) is 298 Å². The van der Waals surface area contributed by atoms with Crippen LogP contribution in [0.4, 0.5) is 0 Å². The number of carboxylic acids is 2. The van der Waals surface area contributed by atoms with E-state index in [1.807, 2.05) is 0 Å². The zero-order valence-electron chi connectivity index (χ0n) is 41.8. The van der Waals surface area contributed by atoms with E-state index in [2.05, 4.69) is 0 Å². The van der Waals surface area contributed by atoms with Crippen LogP contribution >= 0.6 is 0 Å². The molecule has 0 saturated carbocycles. The van der Waals surface area contributed by atoms with Crippen LogP contribution in [0.5, 0.6) is 0 Å². The van der Waals surface area contributed by atoms with Crippen molar-refractivity contribution in [3.63, 3.8) is 0 Å². The molecule has 390 valence electrons. The molecule has 0 unspecified atom stereocenters. The maximum atomic E-state index is 12.7. The predicted octanol–water partition coefficient (Wildman–Crippen LogP) is 3.38. The van der Waals surface area contributed by atoms with E-state index in [9.17, 15) is 71.7 Å². The van der Waals surface area contributed by atoms with Gasteiger partial charge in [-0.15, -0.1) is 0 Å². The van der Waals surface area contributed by atoms with Gasteiger partial charge in [0.15, 0.2) is 0 Å². The van der Waals surface area contributed by atoms with E-state index in [-0.39, 0.29) is 70.7 Å². The van der Waals surface area contributed by atoms with E-state index in [0.717, 1.165) is 46.5 Å². The maximum absolute atomic E-state index is 12.7. The first-order valence-corrected chi connectivity index (χ1v) is 28.8. The van der Waals surface area contributed by atoms with Gasteiger partial charge in [-0.1, -0.05) is 133 Å². The number of rotatable bonds is 13. The van der Waals surface area contributed by atoms with Crippen molar-refractivity contribution in [1.29, 1.82) is 0 Å². The third-order valence-corrected chi connectivity index (χ3v) is 16.6. The number of carboxylic acid groups (broad SMARTS) is 2. The molecule has 22 heteroatoms. The van der Waals surface area contributed by atoms with Gasteiger partial charge in [-0.3, -0.25) is 18.2 Å². The molecule has 0 aliphatic heterocycles. The second-order valence-electron chi connectivity index (χ2n) is 18.0. The molecule has 10 aromatic carbocycles. The fourth-order valence-corrected chi connectivity index (χ4v) is 11.5. The zero-order chi connectivity index (χ0) is 55.6. The van der Waals surface area contributed by atoms with Crippen molar-refractivity contribution in [1.82, 2.24) is 0 Å². The summed E-state index contributed by atoms with van der Waals surface area (Å²) >= 11 is 0. The smallest absolute Gasteiger partial charge is 0.545 e. The van der Waals surface area contributed by atoms with Crippen molar-refractivity contribution in [2.75, 3.05) is 0 Å². The summed E-state index contributed by atoms with van der Waals surface area (Å²) in [6.45, 7) is 0. The minimum absolute atomic E-state index is 0. The molecule has 0 aliphatic carbocycles. The number of hydrogen-bond donors (Lipinski definition) is 4. The largest absolute Gasteiger partial charge is 1.00 e. The molecule has 0 radical (unpaired) electrons. The third-order valence-electron chi connectivity index (χ3n) is 13.3. The Labute approximate surface area is 482 Å². The molecule has 0 saturated heterocycles. The number of fused-ring (bicyclic) bond motifs is 2. The van der Waals surface area contributed by atoms with Crippen LogP contribution in [0.3, 0.4) is 0 Å². The second kappa shape index (κ2) is 22.2. The van der Waals surface area contributed by atoms with Crippen LogP contribution in [0.15, 0.2) is 214 Å². The number of carbonyl (C=O) groups excluding carboxylic acids is 2. The Hall–Kier alpha value is -7.51. The number of benzene rings is 10. The van der Waals surface area contributed by atoms with Crippen LogP contribution in [0.1, 0.15) is 20.7 Å². The molecular formula is C58H36Li2O16S4. The standard InChI is InChI=1S/C58H38O16S4.2Li/c59-57(60)55-29-41(37-5-1-33(2-6-37)35-9-13-39(14-10-35)53-31-47(77(69,70)71)27-43-25-45(75(63,64)65)19-23-49(43)53)17-21-51(55)52-22-18-42(30-56(52)58(61)62)38-7-3-34(4-8-38)36-11-15-40(16-12-36)54-32-48(78(72,73)74)28-44-26-46(76(66,67)68)20-24-50(44)54;;/h1-32H,(H,59,60)(H,61,62)(H,63,64,65)(H,66,67,68)(H,69,70,71)(H,72,73,74);;/q;2*+1/p-2. The third kappa shape index (κ3) is 12.0. The molecule has 0 aliphatic rings. The number of hydrogen-bond acceptors (Lipinski definition) is 12. The van der Waals surface area contributed by atoms with E-state index >= 15 is 0 Å². The molecule has 10 rings (SSSR count). The monoisotopic (exact) mass is 1130 g/mol. The van der Waals surface area contributed by atoms with Gasteiger partial charge in [0.1, 0.15) is 0 Å². The Morgan fingerprint density at radius 2 is 0.512 bits per heavy atom. The predicted molar refractivity (Wildman–Crippen MR) is 287 cm³/mol. The average molecular weight is 1130 g/mol. The minimum atomic E-state index is -4.71. The van der Waals surface area contributed by atoms with E-state index in [0.29, 0.717) is 55.3 Å². The normalized spacial score (nSPS) is 11.9. The quantitative estimate of drug-likeness (QED) is 0.0950. The maximum Gasteiger partial charge on any atom is 1.00 e. The van der Waals surface area contributed by atoms with Crippen molar-refractivity contribution in [2.24, 2.45) is 0 Å². The van der Waals surface area contributed by atoms with Crippen LogP contribution in [0.25, 0.3) is 99.4 Å². The fraction of sp³-hybridized carbons (Fsp3) is 0. The fourth-order valence-electron chi connectivity index (χ4n) is 9.39. The van der Waals surface area contributed by atoms with Crippen molar-refractivity contribution in [3.8, 4) is 77.9 Å².